The van der Waals surface area contributed by atoms with Gasteiger partial charge in [0.15, 0.2) is 0 Å². The molecule has 0 aromatic heterocycles. The molecule has 4 nitrogen and oxygen atoms in total. The highest BCUT2D eigenvalue weighted by Gasteiger charge is 2.42. The van der Waals surface area contributed by atoms with Crippen LogP contribution in [0.2, 0.25) is 0 Å². The first-order valence-electron chi connectivity index (χ1n) is 12.5. The van der Waals surface area contributed by atoms with E-state index in [0.29, 0.717) is 5.71 Å². The Bertz CT molecular complexity index is 1770. The summed E-state index contributed by atoms with van der Waals surface area (Å²) in [6.45, 7) is 1.94. The van der Waals surface area contributed by atoms with Gasteiger partial charge in [-0.15, -0.1) is 0 Å². The average molecular weight is 515 g/mol. The fourth-order valence-electron chi connectivity index (χ4n) is 4.95. The average Bonchev–Trinajstić information content (AvgIpc) is 3.33. The van der Waals surface area contributed by atoms with Gasteiger partial charge in [-0.1, -0.05) is 121 Å². The molecule has 0 bridgehead atoms. The Morgan fingerprint density at radius 1 is 0.711 bits per heavy atom. The molecule has 1 heterocycles. The first kappa shape index (κ1) is 23.9. The molecule has 0 radical (unpaired) electrons. The molecule has 1 aliphatic rings. The molecule has 0 saturated carbocycles. The van der Waals surface area contributed by atoms with Gasteiger partial charge in [0.05, 0.1) is 10.6 Å². The fraction of sp³-hybridized carbons (Fsp3) is 0.0606. The van der Waals surface area contributed by atoms with Gasteiger partial charge in [0.25, 0.3) is 10.0 Å². The highest BCUT2D eigenvalue weighted by molar-refractivity contribution is 7.89. The number of fused-ring (bicyclic) bond motifs is 1. The van der Waals surface area contributed by atoms with Crippen molar-refractivity contribution in [1.29, 1.82) is 0 Å². The van der Waals surface area contributed by atoms with Crippen LogP contribution in [0.5, 0.6) is 0 Å². The third-order valence-corrected chi connectivity index (χ3v) is 8.49. The molecule has 0 spiro atoms. The molecular formula is C33H26N2O2S. The first-order valence-corrected chi connectivity index (χ1v) is 14.0. The number of sulfonamides is 1. The van der Waals surface area contributed by atoms with Crippen LogP contribution in [-0.2, 0) is 10.0 Å². The lowest BCUT2D eigenvalue weighted by Crippen LogP contribution is -2.28. The van der Waals surface area contributed by atoms with Crippen molar-refractivity contribution in [2.75, 3.05) is 0 Å². The van der Waals surface area contributed by atoms with Crippen LogP contribution in [0.1, 0.15) is 28.3 Å². The molecule has 6 rings (SSSR count). The van der Waals surface area contributed by atoms with Gasteiger partial charge < -0.3 is 0 Å². The number of hydrazone groups is 1. The second-order valence-electron chi connectivity index (χ2n) is 9.39. The predicted octanol–water partition coefficient (Wildman–Crippen LogP) is 7.38. The van der Waals surface area contributed by atoms with Crippen LogP contribution in [0, 0.1) is 6.92 Å². The molecule has 1 atom stereocenters. The van der Waals surface area contributed by atoms with Crippen LogP contribution in [-0.4, -0.2) is 18.5 Å². The van der Waals surface area contributed by atoms with E-state index in [4.69, 9.17) is 5.10 Å². The van der Waals surface area contributed by atoms with E-state index in [2.05, 4.69) is 6.08 Å². The topological polar surface area (TPSA) is 49.7 Å². The molecule has 0 unspecified atom stereocenters. The zero-order valence-corrected chi connectivity index (χ0v) is 21.7. The molecule has 1 aliphatic heterocycles. The Morgan fingerprint density at radius 3 is 2.08 bits per heavy atom. The van der Waals surface area contributed by atoms with Crippen LogP contribution >= 0.6 is 0 Å². The molecule has 186 valence electrons. The van der Waals surface area contributed by atoms with Crippen molar-refractivity contribution in [3.63, 3.8) is 0 Å². The van der Waals surface area contributed by atoms with Gasteiger partial charge in [-0.3, -0.25) is 0 Å². The third-order valence-electron chi connectivity index (χ3n) is 6.84. The Kier molecular flexibility index (Phi) is 6.14. The number of hydrogen-bond acceptors (Lipinski definition) is 3. The van der Waals surface area contributed by atoms with Gasteiger partial charge in [0.2, 0.25) is 0 Å². The van der Waals surface area contributed by atoms with E-state index in [1.807, 2.05) is 122 Å². The van der Waals surface area contributed by atoms with Crippen LogP contribution in [0.25, 0.3) is 16.8 Å². The van der Waals surface area contributed by atoms with Crippen molar-refractivity contribution in [3.8, 4) is 0 Å². The van der Waals surface area contributed by atoms with Crippen LogP contribution in [0.3, 0.4) is 0 Å². The van der Waals surface area contributed by atoms with Crippen LogP contribution in [0.15, 0.2) is 143 Å². The van der Waals surface area contributed by atoms with E-state index in [-0.39, 0.29) is 4.90 Å². The minimum absolute atomic E-state index is 0.213. The number of aryl methyl sites for hydroxylation is 1. The number of rotatable bonds is 5. The van der Waals surface area contributed by atoms with E-state index in [1.54, 1.807) is 12.1 Å². The molecule has 5 aromatic rings. The first-order chi connectivity index (χ1) is 18.5. The van der Waals surface area contributed by atoms with E-state index in [0.717, 1.165) is 38.6 Å². The molecule has 0 aliphatic carbocycles. The Labute approximate surface area is 223 Å². The van der Waals surface area contributed by atoms with Gasteiger partial charge >= 0.3 is 0 Å². The van der Waals surface area contributed by atoms with Gasteiger partial charge in [-0.2, -0.15) is 17.9 Å². The Balaban J connectivity index is 1.64. The molecule has 0 fully saturated rings. The number of benzene rings is 5. The van der Waals surface area contributed by atoms with Gasteiger partial charge in [0.1, 0.15) is 6.04 Å². The zero-order valence-electron chi connectivity index (χ0n) is 20.9. The van der Waals surface area contributed by atoms with Crippen molar-refractivity contribution in [2.24, 2.45) is 5.10 Å². The second kappa shape index (κ2) is 9.77. The van der Waals surface area contributed by atoms with Crippen molar-refractivity contribution < 1.29 is 8.42 Å². The van der Waals surface area contributed by atoms with Crippen LogP contribution in [0.4, 0.5) is 0 Å². The quantitative estimate of drug-likeness (QED) is 0.246. The summed E-state index contributed by atoms with van der Waals surface area (Å²) in [6, 6.07) is 40.2. The highest BCUT2D eigenvalue weighted by Crippen LogP contribution is 2.44. The van der Waals surface area contributed by atoms with E-state index < -0.39 is 16.1 Å². The molecule has 0 N–H and O–H groups in total. The summed E-state index contributed by atoms with van der Waals surface area (Å²) >= 11 is 0. The lowest BCUT2D eigenvalue weighted by Gasteiger charge is -2.26. The molecule has 0 saturated heterocycles. The Hall–Kier alpha value is -4.48. The normalized spacial score (nSPS) is 16.7. The summed E-state index contributed by atoms with van der Waals surface area (Å²) in [4.78, 5) is 0.213. The van der Waals surface area contributed by atoms with Gasteiger partial charge in [-0.05, 0) is 47.0 Å². The molecule has 38 heavy (non-hydrogen) atoms. The SMILES string of the molecule is Cc1ccc(S(=O)(=O)N2N=C(c3ccccc3)/C(=C/c3ccccc3)[C@H]2c2cccc3ccccc23)cc1. The van der Waals surface area contributed by atoms with Crippen molar-refractivity contribution in [1.82, 2.24) is 4.41 Å². The van der Waals surface area contributed by atoms with Crippen molar-refractivity contribution in [2.45, 2.75) is 17.9 Å². The molecule has 5 aromatic carbocycles. The summed E-state index contributed by atoms with van der Waals surface area (Å²) in [5, 5.41) is 6.90. The fourth-order valence-corrected chi connectivity index (χ4v) is 6.34. The minimum atomic E-state index is -3.98. The largest absolute Gasteiger partial charge is 0.279 e. The molecular weight excluding hydrogens is 488 g/mol. The van der Waals surface area contributed by atoms with Gasteiger partial charge in [0, 0.05) is 11.1 Å². The standard InChI is InChI=1S/C33H26N2O2S/c1-24-19-21-28(22-20-24)38(36,37)35-33(30-18-10-16-26-13-8-9-17-29(26)30)31(23-25-11-4-2-5-12-25)32(34-35)27-14-6-3-7-15-27/h2-23,33H,1H3/b31-23-/t33-/m1/s1. The summed E-state index contributed by atoms with van der Waals surface area (Å²) in [5.74, 6) is 0. The summed E-state index contributed by atoms with van der Waals surface area (Å²) < 4.78 is 29.8. The molecule has 0 amide bonds. The third kappa shape index (κ3) is 4.31. The van der Waals surface area contributed by atoms with Gasteiger partial charge in [-0.25, -0.2) is 0 Å². The summed E-state index contributed by atoms with van der Waals surface area (Å²) in [6.07, 6.45) is 2.06. The highest BCUT2D eigenvalue weighted by atomic mass is 32.2. The van der Waals surface area contributed by atoms with Crippen molar-refractivity contribution in [3.05, 3.63) is 155 Å². The zero-order chi connectivity index (χ0) is 26.1. The maximum Gasteiger partial charge on any atom is 0.279 e. The van der Waals surface area contributed by atoms with Crippen LogP contribution < -0.4 is 0 Å². The van der Waals surface area contributed by atoms with E-state index >= 15 is 0 Å². The maximum absolute atomic E-state index is 14.2. The summed E-state index contributed by atoms with van der Waals surface area (Å²) in [7, 11) is -3.98. The minimum Gasteiger partial charge on any atom is -0.200 e. The van der Waals surface area contributed by atoms with Crippen molar-refractivity contribution >= 4 is 32.6 Å². The maximum atomic E-state index is 14.2. The second-order valence-corrected chi connectivity index (χ2v) is 11.2. The smallest absolute Gasteiger partial charge is 0.200 e. The van der Waals surface area contributed by atoms with E-state index in [9.17, 15) is 8.42 Å². The lowest BCUT2D eigenvalue weighted by atomic mass is 9.89. The lowest BCUT2D eigenvalue weighted by molar-refractivity contribution is 0.399. The van der Waals surface area contributed by atoms with E-state index in [1.165, 1.54) is 4.41 Å². The number of nitrogens with zero attached hydrogens (tertiary/aromatic N) is 2. The number of hydrogen-bond donors (Lipinski definition) is 0. The molecule has 5 heteroatoms. The predicted molar refractivity (Wildman–Crippen MR) is 154 cm³/mol. The summed E-state index contributed by atoms with van der Waals surface area (Å²) in [5.41, 5.74) is 5.19. The Morgan fingerprint density at radius 2 is 1.34 bits per heavy atom. The monoisotopic (exact) mass is 514 g/mol.